The molecule has 58 valence electrons. The molecule has 0 radical (unpaired) electrons. The van der Waals surface area contributed by atoms with Crippen LogP contribution in [0.5, 0.6) is 0 Å². The van der Waals surface area contributed by atoms with Crippen LogP contribution in [0.25, 0.3) is 0 Å². The van der Waals surface area contributed by atoms with Gasteiger partial charge in [-0.15, -0.1) is 0 Å². The van der Waals surface area contributed by atoms with E-state index >= 15 is 0 Å². The second-order valence-electron chi connectivity index (χ2n) is 2.65. The molecule has 0 spiro atoms. The lowest BCUT2D eigenvalue weighted by molar-refractivity contribution is -0.113. The van der Waals surface area contributed by atoms with Crippen LogP contribution in [0.15, 0.2) is 36.1 Å². The van der Waals surface area contributed by atoms with Gasteiger partial charge in [-0.2, -0.15) is 0 Å². The van der Waals surface area contributed by atoms with Gasteiger partial charge < -0.3 is 5.11 Å². The molecule has 1 unspecified atom stereocenters. The molecule has 1 aliphatic rings. The Bertz CT molecular complexity index is 259. The van der Waals surface area contributed by atoms with Gasteiger partial charge in [0.1, 0.15) is 0 Å². The third kappa shape index (κ3) is 1.58. The molecule has 0 aromatic rings. The predicted molar refractivity (Wildman–Crippen MR) is 43.2 cm³/mol. The topological polar surface area (TPSA) is 37.3 Å². The highest BCUT2D eigenvalue weighted by molar-refractivity contribution is 6.03. The monoisotopic (exact) mass is 150 g/mol. The lowest BCUT2D eigenvalue weighted by atomic mass is 9.96. The number of hydrogen-bond acceptors (Lipinski definition) is 2. The fraction of sp³-hybridized carbons (Fsp3) is 0.222. The third-order valence-electron chi connectivity index (χ3n) is 1.61. The average Bonchev–Trinajstić information content (AvgIpc) is 1.94. The molecule has 1 N–H and O–H groups in total. The van der Waals surface area contributed by atoms with Crippen LogP contribution in [0.3, 0.4) is 0 Å². The summed E-state index contributed by atoms with van der Waals surface area (Å²) in [5.74, 6) is -0.504. The third-order valence-corrected chi connectivity index (χ3v) is 1.61. The molecule has 0 aromatic carbocycles. The van der Waals surface area contributed by atoms with Crippen LogP contribution >= 0.6 is 0 Å². The summed E-state index contributed by atoms with van der Waals surface area (Å²) in [6.07, 6.45) is 4.60. The predicted octanol–water partition coefficient (Wildman–Crippen LogP) is 1.76. The van der Waals surface area contributed by atoms with Crippen molar-refractivity contribution < 1.29 is 9.90 Å². The molecule has 0 saturated carbocycles. The first-order valence-corrected chi connectivity index (χ1v) is 3.40. The van der Waals surface area contributed by atoms with Crippen LogP contribution in [0.4, 0.5) is 0 Å². The Morgan fingerprint density at radius 3 is 2.82 bits per heavy atom. The van der Waals surface area contributed by atoms with Crippen molar-refractivity contribution in [3.63, 3.8) is 0 Å². The summed E-state index contributed by atoms with van der Waals surface area (Å²) < 4.78 is 0. The molecule has 1 rings (SSSR count). The Kier molecular flexibility index (Phi) is 1.94. The minimum absolute atomic E-state index is 0.00713. The number of ketones is 1. The van der Waals surface area contributed by atoms with Crippen LogP contribution in [0.2, 0.25) is 0 Å². The quantitative estimate of drug-likeness (QED) is 0.578. The number of allylic oxidation sites excluding steroid dienone is 4. The molecule has 0 aliphatic heterocycles. The molecule has 0 aromatic heterocycles. The van der Waals surface area contributed by atoms with Crippen LogP contribution < -0.4 is 0 Å². The zero-order chi connectivity index (χ0) is 8.43. The first kappa shape index (κ1) is 7.79. The molecular weight excluding hydrogens is 140 g/mol. The van der Waals surface area contributed by atoms with Gasteiger partial charge in [-0.3, -0.25) is 4.79 Å². The summed E-state index contributed by atoms with van der Waals surface area (Å²) in [7, 11) is 0. The molecule has 0 heterocycles. The van der Waals surface area contributed by atoms with Gasteiger partial charge in [0.05, 0.1) is 0 Å². The van der Waals surface area contributed by atoms with Crippen molar-refractivity contribution in [3.8, 4) is 0 Å². The number of hydrogen-bond donors (Lipinski definition) is 1. The number of carbonyl (C=O) groups is 1. The molecule has 0 fully saturated rings. The first-order chi connectivity index (χ1) is 5.11. The Morgan fingerprint density at radius 2 is 2.36 bits per heavy atom. The molecule has 2 heteroatoms. The standard InChI is InChI=1S/C9H10O2/c1-6(2)7-3-4-8(10)9(11)5-7/h3-5,7,11H,1H2,2H3. The summed E-state index contributed by atoms with van der Waals surface area (Å²) in [6, 6.07) is 0. The second-order valence-corrected chi connectivity index (χ2v) is 2.65. The van der Waals surface area contributed by atoms with Crippen LogP contribution in [0, 0.1) is 5.92 Å². The highest BCUT2D eigenvalue weighted by Gasteiger charge is 2.13. The first-order valence-electron chi connectivity index (χ1n) is 3.40. The van der Waals surface area contributed by atoms with Crippen molar-refractivity contribution in [2.24, 2.45) is 5.92 Å². The number of rotatable bonds is 1. The zero-order valence-corrected chi connectivity index (χ0v) is 6.37. The van der Waals surface area contributed by atoms with Gasteiger partial charge in [-0.1, -0.05) is 18.2 Å². The van der Waals surface area contributed by atoms with Crippen molar-refractivity contribution in [1.29, 1.82) is 0 Å². The molecule has 0 saturated heterocycles. The van der Waals surface area contributed by atoms with Gasteiger partial charge in [0, 0.05) is 5.92 Å². The largest absolute Gasteiger partial charge is 0.504 e. The van der Waals surface area contributed by atoms with Gasteiger partial charge in [-0.05, 0) is 19.1 Å². The Morgan fingerprint density at radius 1 is 1.73 bits per heavy atom. The fourth-order valence-corrected chi connectivity index (χ4v) is 0.891. The van der Waals surface area contributed by atoms with Crippen molar-refractivity contribution in [3.05, 3.63) is 36.1 Å². The fourth-order valence-electron chi connectivity index (χ4n) is 0.891. The Labute approximate surface area is 65.5 Å². The maximum Gasteiger partial charge on any atom is 0.219 e. The van der Waals surface area contributed by atoms with Crippen molar-refractivity contribution in [2.75, 3.05) is 0 Å². The molecule has 11 heavy (non-hydrogen) atoms. The number of carbonyl (C=O) groups excluding carboxylic acids is 1. The van der Waals surface area contributed by atoms with Crippen LogP contribution in [0.1, 0.15) is 6.92 Å². The SMILES string of the molecule is C=C(C)C1C=CC(=O)C(O)=C1. The maximum atomic E-state index is 10.7. The minimum atomic E-state index is -0.331. The zero-order valence-electron chi connectivity index (χ0n) is 6.37. The second kappa shape index (κ2) is 2.74. The summed E-state index contributed by atoms with van der Waals surface area (Å²) in [5, 5.41) is 9.02. The number of aliphatic hydroxyl groups excluding tert-OH is 1. The molecule has 1 aliphatic carbocycles. The summed E-state index contributed by atoms with van der Waals surface area (Å²) in [4.78, 5) is 10.7. The molecule has 0 amide bonds. The van der Waals surface area contributed by atoms with Gasteiger partial charge in [-0.25, -0.2) is 0 Å². The van der Waals surface area contributed by atoms with Gasteiger partial charge in [0.15, 0.2) is 5.76 Å². The van der Waals surface area contributed by atoms with Crippen LogP contribution in [-0.2, 0) is 4.79 Å². The van der Waals surface area contributed by atoms with E-state index in [0.29, 0.717) is 0 Å². The van der Waals surface area contributed by atoms with Gasteiger partial charge in [0.25, 0.3) is 0 Å². The Hall–Kier alpha value is -1.31. The summed E-state index contributed by atoms with van der Waals surface area (Å²) in [6.45, 7) is 5.58. The van der Waals surface area contributed by atoms with E-state index in [1.165, 1.54) is 12.2 Å². The lowest BCUT2D eigenvalue weighted by Crippen LogP contribution is -2.07. The average molecular weight is 150 g/mol. The Balaban J connectivity index is 2.85. The van der Waals surface area contributed by atoms with E-state index in [1.807, 2.05) is 6.92 Å². The summed E-state index contributed by atoms with van der Waals surface area (Å²) in [5.41, 5.74) is 0.917. The summed E-state index contributed by atoms with van der Waals surface area (Å²) >= 11 is 0. The normalized spacial score (nSPS) is 23.2. The number of aliphatic hydroxyl groups is 1. The van der Waals surface area contributed by atoms with Crippen molar-refractivity contribution in [2.45, 2.75) is 6.92 Å². The smallest absolute Gasteiger partial charge is 0.219 e. The van der Waals surface area contributed by atoms with E-state index in [0.717, 1.165) is 5.57 Å². The molecular formula is C9H10O2. The van der Waals surface area contributed by atoms with E-state index in [4.69, 9.17) is 5.11 Å². The van der Waals surface area contributed by atoms with Crippen LogP contribution in [-0.4, -0.2) is 10.9 Å². The van der Waals surface area contributed by atoms with E-state index < -0.39 is 0 Å². The maximum absolute atomic E-state index is 10.7. The molecule has 0 bridgehead atoms. The van der Waals surface area contributed by atoms with Gasteiger partial charge >= 0.3 is 0 Å². The molecule has 1 atom stereocenters. The highest BCUT2D eigenvalue weighted by Crippen LogP contribution is 2.17. The minimum Gasteiger partial charge on any atom is -0.504 e. The van der Waals surface area contributed by atoms with Crippen molar-refractivity contribution >= 4 is 5.78 Å². The lowest BCUT2D eigenvalue weighted by Gasteiger charge is -2.10. The van der Waals surface area contributed by atoms with E-state index in [1.54, 1.807) is 6.08 Å². The van der Waals surface area contributed by atoms with Crippen molar-refractivity contribution in [1.82, 2.24) is 0 Å². The van der Waals surface area contributed by atoms with E-state index in [-0.39, 0.29) is 17.5 Å². The van der Waals surface area contributed by atoms with Gasteiger partial charge in [0.2, 0.25) is 5.78 Å². The van der Waals surface area contributed by atoms with E-state index in [2.05, 4.69) is 6.58 Å². The highest BCUT2D eigenvalue weighted by atomic mass is 16.3. The van der Waals surface area contributed by atoms with E-state index in [9.17, 15) is 4.79 Å². The molecule has 2 nitrogen and oxygen atoms in total.